The number of nitrogens with zero attached hydrogens (tertiary/aromatic N) is 1. The summed E-state index contributed by atoms with van der Waals surface area (Å²) in [7, 11) is 1.95. The Morgan fingerprint density at radius 3 is 2.58 bits per heavy atom. The van der Waals surface area contributed by atoms with Gasteiger partial charge >= 0.3 is 0 Å². The number of benzene rings is 1. The third kappa shape index (κ3) is 5.53. The van der Waals surface area contributed by atoms with Crippen molar-refractivity contribution in [3.8, 4) is 0 Å². The highest BCUT2D eigenvalue weighted by Gasteiger charge is 2.11. The maximum Gasteiger partial charge on any atom is 0.177 e. The average Bonchev–Trinajstić information content (AvgIpc) is 2.27. The van der Waals surface area contributed by atoms with Crippen molar-refractivity contribution < 1.29 is 9.53 Å². The first-order valence-electron chi connectivity index (χ1n) is 6.80. The second-order valence-electron chi connectivity index (χ2n) is 5.40. The highest BCUT2D eigenvalue weighted by atomic mass is 16.5. The molecular formula is C16H25NO2. The predicted octanol–water partition coefficient (Wildman–Crippen LogP) is 2.84. The zero-order chi connectivity index (χ0) is 14.4. The minimum absolute atomic E-state index is 0.171. The van der Waals surface area contributed by atoms with Gasteiger partial charge in [-0.05, 0) is 40.3 Å². The number of hydrogen-bond donors (Lipinski definition) is 0. The number of ether oxygens (including phenoxy) is 1. The summed E-state index contributed by atoms with van der Waals surface area (Å²) in [5, 5.41) is 0. The van der Waals surface area contributed by atoms with Crippen LogP contribution in [0.25, 0.3) is 0 Å². The third-order valence-corrected chi connectivity index (χ3v) is 3.02. The van der Waals surface area contributed by atoms with Crippen LogP contribution in [0.5, 0.6) is 0 Å². The van der Waals surface area contributed by atoms with Gasteiger partial charge in [-0.15, -0.1) is 0 Å². The van der Waals surface area contributed by atoms with Gasteiger partial charge in [0.2, 0.25) is 0 Å². The van der Waals surface area contributed by atoms with Crippen LogP contribution in [0.4, 0.5) is 0 Å². The van der Waals surface area contributed by atoms with Gasteiger partial charge in [0.25, 0.3) is 0 Å². The SMILES string of the molecule is Cc1ccc(C(=O)CN(C)CCOC(C)C)c(C)c1. The molecule has 0 fully saturated rings. The van der Waals surface area contributed by atoms with Gasteiger partial charge < -0.3 is 4.74 Å². The molecule has 0 atom stereocenters. The van der Waals surface area contributed by atoms with Crippen LogP contribution in [0, 0.1) is 13.8 Å². The molecule has 0 radical (unpaired) electrons. The van der Waals surface area contributed by atoms with Crippen molar-refractivity contribution in [3.63, 3.8) is 0 Å². The highest BCUT2D eigenvalue weighted by molar-refractivity contribution is 5.98. The zero-order valence-corrected chi connectivity index (χ0v) is 12.7. The molecule has 1 aromatic carbocycles. The average molecular weight is 263 g/mol. The minimum Gasteiger partial charge on any atom is -0.377 e. The van der Waals surface area contributed by atoms with Crippen LogP contribution in [0.2, 0.25) is 0 Å². The molecule has 0 aromatic heterocycles. The first-order valence-corrected chi connectivity index (χ1v) is 6.80. The largest absolute Gasteiger partial charge is 0.377 e. The summed E-state index contributed by atoms with van der Waals surface area (Å²) in [5.74, 6) is 0.171. The number of Topliss-reactive ketones (excluding diaryl/α,β-unsaturated/α-hetero) is 1. The number of likely N-dealkylation sites (N-methyl/N-ethyl adjacent to an activating group) is 1. The molecule has 0 amide bonds. The van der Waals surface area contributed by atoms with Crippen LogP contribution in [0.1, 0.15) is 35.3 Å². The number of carbonyl (C=O) groups excluding carboxylic acids is 1. The summed E-state index contributed by atoms with van der Waals surface area (Å²) in [4.78, 5) is 14.2. The second kappa shape index (κ2) is 7.41. The molecule has 0 unspecified atom stereocenters. The van der Waals surface area contributed by atoms with Crippen molar-refractivity contribution in [2.45, 2.75) is 33.8 Å². The van der Waals surface area contributed by atoms with E-state index in [1.165, 1.54) is 5.56 Å². The van der Waals surface area contributed by atoms with E-state index in [1.807, 2.05) is 51.8 Å². The molecule has 0 bridgehead atoms. The van der Waals surface area contributed by atoms with E-state index >= 15 is 0 Å². The number of rotatable bonds is 7. The first-order chi connectivity index (χ1) is 8.90. The summed E-state index contributed by atoms with van der Waals surface area (Å²) >= 11 is 0. The lowest BCUT2D eigenvalue weighted by Crippen LogP contribution is -2.30. The van der Waals surface area contributed by atoms with Crippen LogP contribution in [0.3, 0.4) is 0 Å². The van der Waals surface area contributed by atoms with Gasteiger partial charge in [0.15, 0.2) is 5.78 Å². The Kier molecular flexibility index (Phi) is 6.19. The Morgan fingerprint density at radius 2 is 2.00 bits per heavy atom. The lowest BCUT2D eigenvalue weighted by atomic mass is 10.0. The van der Waals surface area contributed by atoms with E-state index in [1.54, 1.807) is 0 Å². The number of carbonyl (C=O) groups is 1. The molecule has 0 aliphatic carbocycles. The molecule has 0 heterocycles. The maximum absolute atomic E-state index is 12.2. The summed E-state index contributed by atoms with van der Waals surface area (Å²) < 4.78 is 5.49. The monoisotopic (exact) mass is 263 g/mol. The Hall–Kier alpha value is -1.19. The van der Waals surface area contributed by atoms with E-state index in [9.17, 15) is 4.79 Å². The van der Waals surface area contributed by atoms with Crippen LogP contribution >= 0.6 is 0 Å². The Morgan fingerprint density at radius 1 is 1.32 bits per heavy atom. The number of aryl methyl sites for hydroxylation is 2. The van der Waals surface area contributed by atoms with Crippen LogP contribution in [-0.2, 0) is 4.74 Å². The molecule has 3 heteroatoms. The number of hydrogen-bond acceptors (Lipinski definition) is 3. The van der Waals surface area contributed by atoms with Crippen molar-refractivity contribution in [3.05, 3.63) is 34.9 Å². The summed E-state index contributed by atoms with van der Waals surface area (Å²) in [6.07, 6.45) is 0.239. The fourth-order valence-corrected chi connectivity index (χ4v) is 1.98. The van der Waals surface area contributed by atoms with Gasteiger partial charge in [-0.2, -0.15) is 0 Å². The Bertz CT molecular complexity index is 427. The minimum atomic E-state index is 0.171. The Balaban J connectivity index is 2.50. The van der Waals surface area contributed by atoms with Crippen molar-refractivity contribution >= 4 is 5.78 Å². The Labute approximate surface area is 116 Å². The molecule has 1 aromatic rings. The van der Waals surface area contributed by atoms with Crippen molar-refractivity contribution in [2.24, 2.45) is 0 Å². The molecule has 0 aliphatic heterocycles. The summed E-state index contributed by atoms with van der Waals surface area (Å²) in [5.41, 5.74) is 3.06. The van der Waals surface area contributed by atoms with Crippen molar-refractivity contribution in [1.29, 1.82) is 0 Å². The van der Waals surface area contributed by atoms with Gasteiger partial charge in [0.05, 0.1) is 19.3 Å². The van der Waals surface area contributed by atoms with Gasteiger partial charge in [0, 0.05) is 12.1 Å². The topological polar surface area (TPSA) is 29.5 Å². The van der Waals surface area contributed by atoms with E-state index in [2.05, 4.69) is 6.07 Å². The van der Waals surface area contributed by atoms with Gasteiger partial charge in [-0.1, -0.05) is 23.8 Å². The number of ketones is 1. The van der Waals surface area contributed by atoms with Gasteiger partial charge in [0.1, 0.15) is 0 Å². The molecule has 0 saturated heterocycles. The lowest BCUT2D eigenvalue weighted by Gasteiger charge is -2.17. The zero-order valence-electron chi connectivity index (χ0n) is 12.7. The van der Waals surface area contributed by atoms with Crippen molar-refractivity contribution in [2.75, 3.05) is 26.7 Å². The lowest BCUT2D eigenvalue weighted by molar-refractivity contribution is 0.0619. The van der Waals surface area contributed by atoms with Crippen LogP contribution < -0.4 is 0 Å². The summed E-state index contributed by atoms with van der Waals surface area (Å²) in [6.45, 7) is 9.93. The predicted molar refractivity (Wildman–Crippen MR) is 78.8 cm³/mol. The normalized spacial score (nSPS) is 11.3. The molecule has 3 nitrogen and oxygen atoms in total. The van der Waals surface area contributed by atoms with Crippen LogP contribution in [-0.4, -0.2) is 43.5 Å². The molecule has 106 valence electrons. The second-order valence-corrected chi connectivity index (χ2v) is 5.40. The molecule has 1 rings (SSSR count). The fourth-order valence-electron chi connectivity index (χ4n) is 1.98. The van der Waals surface area contributed by atoms with E-state index in [0.29, 0.717) is 13.2 Å². The van der Waals surface area contributed by atoms with E-state index in [0.717, 1.165) is 17.7 Å². The van der Waals surface area contributed by atoms with Crippen molar-refractivity contribution in [1.82, 2.24) is 4.90 Å². The molecule has 19 heavy (non-hydrogen) atoms. The van der Waals surface area contributed by atoms with Gasteiger partial charge in [-0.25, -0.2) is 0 Å². The standard InChI is InChI=1S/C16H25NO2/c1-12(2)19-9-8-17(5)11-16(18)15-7-6-13(3)10-14(15)4/h6-7,10,12H,8-9,11H2,1-5H3. The highest BCUT2D eigenvalue weighted by Crippen LogP contribution is 2.11. The third-order valence-electron chi connectivity index (χ3n) is 3.02. The summed E-state index contributed by atoms with van der Waals surface area (Å²) in [6, 6.07) is 5.96. The molecule has 0 saturated carbocycles. The smallest absolute Gasteiger partial charge is 0.177 e. The first kappa shape index (κ1) is 15.9. The van der Waals surface area contributed by atoms with Gasteiger partial charge in [-0.3, -0.25) is 9.69 Å². The molecular weight excluding hydrogens is 238 g/mol. The van der Waals surface area contributed by atoms with E-state index in [-0.39, 0.29) is 11.9 Å². The maximum atomic E-state index is 12.2. The molecule has 0 spiro atoms. The van der Waals surface area contributed by atoms with E-state index in [4.69, 9.17) is 4.74 Å². The van der Waals surface area contributed by atoms with E-state index < -0.39 is 0 Å². The molecule has 0 aliphatic rings. The quantitative estimate of drug-likeness (QED) is 0.708. The van der Waals surface area contributed by atoms with Crippen LogP contribution in [0.15, 0.2) is 18.2 Å². The fraction of sp³-hybridized carbons (Fsp3) is 0.562. The molecule has 0 N–H and O–H groups in total.